The van der Waals surface area contributed by atoms with Crippen molar-refractivity contribution < 1.29 is 0 Å². The van der Waals surface area contributed by atoms with E-state index in [4.69, 9.17) is 11.1 Å². The SMILES string of the molecule is Cc1ncn(-c2ccc(Br)cc2C(=N)N)c1C. The van der Waals surface area contributed by atoms with Crippen LogP contribution in [-0.2, 0) is 0 Å². The van der Waals surface area contributed by atoms with Crippen LogP contribution in [0, 0.1) is 19.3 Å². The molecule has 0 radical (unpaired) electrons. The Bertz CT molecular complexity index is 586. The summed E-state index contributed by atoms with van der Waals surface area (Å²) in [6, 6.07) is 5.69. The lowest BCUT2D eigenvalue weighted by molar-refractivity contribution is 0.996. The average molecular weight is 293 g/mol. The van der Waals surface area contributed by atoms with Crippen molar-refractivity contribution in [1.82, 2.24) is 9.55 Å². The molecule has 0 saturated carbocycles. The number of amidine groups is 1. The second-order valence-corrected chi connectivity index (χ2v) is 4.78. The summed E-state index contributed by atoms with van der Waals surface area (Å²) in [5, 5.41) is 7.62. The second kappa shape index (κ2) is 4.33. The molecule has 0 aliphatic rings. The van der Waals surface area contributed by atoms with Gasteiger partial charge < -0.3 is 10.3 Å². The first-order chi connectivity index (χ1) is 8.00. The van der Waals surface area contributed by atoms with Crippen molar-refractivity contribution in [2.24, 2.45) is 5.73 Å². The van der Waals surface area contributed by atoms with Gasteiger partial charge in [-0.2, -0.15) is 0 Å². The molecular weight excluding hydrogens is 280 g/mol. The Morgan fingerprint density at radius 3 is 2.65 bits per heavy atom. The fourth-order valence-electron chi connectivity index (χ4n) is 1.68. The van der Waals surface area contributed by atoms with Crippen molar-refractivity contribution in [1.29, 1.82) is 5.41 Å². The Labute approximate surface area is 108 Å². The van der Waals surface area contributed by atoms with E-state index in [-0.39, 0.29) is 5.84 Å². The van der Waals surface area contributed by atoms with Crippen LogP contribution in [-0.4, -0.2) is 15.4 Å². The normalized spacial score (nSPS) is 10.5. The maximum Gasteiger partial charge on any atom is 0.124 e. The monoisotopic (exact) mass is 292 g/mol. The molecule has 2 aromatic rings. The van der Waals surface area contributed by atoms with E-state index in [1.54, 1.807) is 6.33 Å². The van der Waals surface area contributed by atoms with E-state index < -0.39 is 0 Å². The fourth-order valence-corrected chi connectivity index (χ4v) is 2.04. The van der Waals surface area contributed by atoms with Gasteiger partial charge in [0.1, 0.15) is 5.84 Å². The lowest BCUT2D eigenvalue weighted by Crippen LogP contribution is -2.15. The third-order valence-electron chi connectivity index (χ3n) is 2.76. The molecular formula is C12H13BrN4. The van der Waals surface area contributed by atoms with E-state index in [9.17, 15) is 0 Å². The van der Waals surface area contributed by atoms with Crippen molar-refractivity contribution in [3.63, 3.8) is 0 Å². The van der Waals surface area contributed by atoms with Gasteiger partial charge in [0.25, 0.3) is 0 Å². The summed E-state index contributed by atoms with van der Waals surface area (Å²) in [7, 11) is 0. The summed E-state index contributed by atoms with van der Waals surface area (Å²) in [6.45, 7) is 3.95. The van der Waals surface area contributed by atoms with E-state index in [0.29, 0.717) is 5.56 Å². The first kappa shape index (κ1) is 11.9. The first-order valence-electron chi connectivity index (χ1n) is 5.15. The Balaban J connectivity index is 2.67. The van der Waals surface area contributed by atoms with Crippen molar-refractivity contribution in [3.8, 4) is 5.69 Å². The highest BCUT2D eigenvalue weighted by Crippen LogP contribution is 2.22. The van der Waals surface area contributed by atoms with Crippen molar-refractivity contribution in [2.75, 3.05) is 0 Å². The number of rotatable bonds is 2. The number of hydrogen-bond donors (Lipinski definition) is 2. The van der Waals surface area contributed by atoms with Gasteiger partial charge in [0, 0.05) is 15.7 Å². The summed E-state index contributed by atoms with van der Waals surface area (Å²) >= 11 is 3.38. The number of benzene rings is 1. The number of imidazole rings is 1. The molecule has 0 spiro atoms. The first-order valence-corrected chi connectivity index (χ1v) is 5.95. The van der Waals surface area contributed by atoms with Gasteiger partial charge in [-0.05, 0) is 32.0 Å². The molecule has 0 aliphatic heterocycles. The van der Waals surface area contributed by atoms with Gasteiger partial charge >= 0.3 is 0 Å². The molecule has 3 N–H and O–H groups in total. The number of nitrogens with two attached hydrogens (primary N) is 1. The molecule has 0 saturated heterocycles. The van der Waals surface area contributed by atoms with Crippen LogP contribution in [0.25, 0.3) is 5.69 Å². The fraction of sp³-hybridized carbons (Fsp3) is 0.167. The summed E-state index contributed by atoms with van der Waals surface area (Å²) < 4.78 is 2.85. The second-order valence-electron chi connectivity index (χ2n) is 3.86. The number of nitrogens with one attached hydrogen (secondary N) is 1. The standard InChI is InChI=1S/C12H13BrN4/c1-7-8(2)17(6-16-7)11-4-3-9(13)5-10(11)12(14)15/h3-6H,1-2H3,(H3,14,15). The number of halogens is 1. The van der Waals surface area contributed by atoms with Gasteiger partial charge in [-0.25, -0.2) is 4.98 Å². The van der Waals surface area contributed by atoms with Crippen LogP contribution in [0.2, 0.25) is 0 Å². The molecule has 17 heavy (non-hydrogen) atoms. The van der Waals surface area contributed by atoms with Crippen molar-refractivity contribution in [2.45, 2.75) is 13.8 Å². The van der Waals surface area contributed by atoms with Crippen molar-refractivity contribution in [3.05, 3.63) is 46.0 Å². The molecule has 0 amide bonds. The van der Waals surface area contributed by atoms with E-state index >= 15 is 0 Å². The molecule has 0 atom stereocenters. The Kier molecular flexibility index (Phi) is 3.02. The molecule has 0 fully saturated rings. The zero-order chi connectivity index (χ0) is 12.6. The quantitative estimate of drug-likeness (QED) is 0.660. The lowest BCUT2D eigenvalue weighted by atomic mass is 10.1. The predicted molar refractivity (Wildman–Crippen MR) is 71.8 cm³/mol. The molecule has 1 heterocycles. The van der Waals surface area contributed by atoms with Gasteiger partial charge in [0.05, 0.1) is 17.7 Å². The number of aromatic nitrogens is 2. The third-order valence-corrected chi connectivity index (χ3v) is 3.25. The summed E-state index contributed by atoms with van der Waals surface area (Å²) in [5.41, 5.74) is 9.20. The van der Waals surface area contributed by atoms with Gasteiger partial charge in [0.15, 0.2) is 0 Å². The summed E-state index contributed by atoms with van der Waals surface area (Å²) in [4.78, 5) is 4.26. The minimum atomic E-state index is 0.0482. The largest absolute Gasteiger partial charge is 0.384 e. The zero-order valence-electron chi connectivity index (χ0n) is 9.66. The molecule has 0 bridgehead atoms. The minimum absolute atomic E-state index is 0.0482. The maximum absolute atomic E-state index is 7.62. The van der Waals surface area contributed by atoms with Crippen molar-refractivity contribution >= 4 is 21.8 Å². The molecule has 4 nitrogen and oxygen atoms in total. The van der Waals surface area contributed by atoms with Crippen LogP contribution >= 0.6 is 15.9 Å². The Morgan fingerprint density at radius 2 is 2.12 bits per heavy atom. The number of aryl methyl sites for hydroxylation is 1. The van der Waals surface area contributed by atoms with E-state index in [0.717, 1.165) is 21.5 Å². The lowest BCUT2D eigenvalue weighted by Gasteiger charge is -2.11. The molecule has 1 aromatic carbocycles. The van der Waals surface area contributed by atoms with Crippen LogP contribution in [0.5, 0.6) is 0 Å². The smallest absolute Gasteiger partial charge is 0.124 e. The van der Waals surface area contributed by atoms with Gasteiger partial charge in [-0.15, -0.1) is 0 Å². The number of nitrogens with zero attached hydrogens (tertiary/aromatic N) is 2. The highest BCUT2D eigenvalue weighted by atomic mass is 79.9. The van der Waals surface area contributed by atoms with Gasteiger partial charge in [0.2, 0.25) is 0 Å². The predicted octanol–water partition coefficient (Wildman–Crippen LogP) is 2.54. The molecule has 5 heteroatoms. The Morgan fingerprint density at radius 1 is 1.41 bits per heavy atom. The summed E-state index contributed by atoms with van der Waals surface area (Å²) in [5.74, 6) is 0.0482. The molecule has 2 rings (SSSR count). The highest BCUT2D eigenvalue weighted by molar-refractivity contribution is 9.10. The van der Waals surface area contributed by atoms with Crippen LogP contribution in [0.4, 0.5) is 0 Å². The highest BCUT2D eigenvalue weighted by Gasteiger charge is 2.11. The van der Waals surface area contributed by atoms with E-state index in [2.05, 4.69) is 20.9 Å². The van der Waals surface area contributed by atoms with E-state index in [1.807, 2.05) is 36.6 Å². The van der Waals surface area contributed by atoms with Crippen LogP contribution in [0.15, 0.2) is 29.0 Å². The minimum Gasteiger partial charge on any atom is -0.384 e. The van der Waals surface area contributed by atoms with Crippen LogP contribution in [0.3, 0.4) is 0 Å². The van der Waals surface area contributed by atoms with E-state index in [1.165, 1.54) is 0 Å². The topological polar surface area (TPSA) is 67.7 Å². The van der Waals surface area contributed by atoms with Gasteiger partial charge in [-0.3, -0.25) is 5.41 Å². The summed E-state index contributed by atoms with van der Waals surface area (Å²) in [6.07, 6.45) is 1.75. The number of nitrogen functional groups attached to an aromatic ring is 1. The maximum atomic E-state index is 7.62. The Hall–Kier alpha value is -1.62. The average Bonchev–Trinajstić information content (AvgIpc) is 2.60. The third kappa shape index (κ3) is 2.10. The molecule has 0 unspecified atom stereocenters. The van der Waals surface area contributed by atoms with Crippen LogP contribution < -0.4 is 5.73 Å². The van der Waals surface area contributed by atoms with Gasteiger partial charge in [-0.1, -0.05) is 15.9 Å². The molecule has 88 valence electrons. The zero-order valence-corrected chi connectivity index (χ0v) is 11.2. The van der Waals surface area contributed by atoms with Crippen LogP contribution in [0.1, 0.15) is 17.0 Å². The molecule has 0 aliphatic carbocycles. The number of hydrogen-bond acceptors (Lipinski definition) is 2. The molecule has 1 aromatic heterocycles.